The molecule has 2 rings (SSSR count). The zero-order valence-electron chi connectivity index (χ0n) is 9.84. The molecule has 0 amide bonds. The second-order valence-corrected chi connectivity index (χ2v) is 3.98. The summed E-state index contributed by atoms with van der Waals surface area (Å²) < 4.78 is 0. The Morgan fingerprint density at radius 3 is 2.29 bits per heavy atom. The predicted octanol–water partition coefficient (Wildman–Crippen LogP) is 3.36. The van der Waals surface area contributed by atoms with Crippen LogP contribution in [-0.2, 0) is 6.42 Å². The van der Waals surface area contributed by atoms with Crippen molar-refractivity contribution < 1.29 is 0 Å². The quantitative estimate of drug-likeness (QED) is 0.790. The fourth-order valence-corrected chi connectivity index (χ4v) is 1.83. The topological polar surface area (TPSA) is 26.0 Å². The molecule has 0 aliphatic carbocycles. The van der Waals surface area contributed by atoms with E-state index in [0.717, 1.165) is 6.42 Å². The lowest BCUT2D eigenvalue weighted by atomic mass is 10.0. The third-order valence-electron chi connectivity index (χ3n) is 2.72. The molecule has 2 N–H and O–H groups in total. The molecule has 0 atom stereocenters. The van der Waals surface area contributed by atoms with E-state index in [0.29, 0.717) is 6.54 Å². The first-order chi connectivity index (χ1) is 8.40. The van der Waals surface area contributed by atoms with Gasteiger partial charge in [-0.25, -0.2) is 0 Å². The van der Waals surface area contributed by atoms with Gasteiger partial charge in [0.05, 0.1) is 0 Å². The molecule has 0 aliphatic heterocycles. The van der Waals surface area contributed by atoms with E-state index in [4.69, 9.17) is 5.73 Å². The van der Waals surface area contributed by atoms with Crippen LogP contribution in [0.2, 0.25) is 0 Å². The molecule has 2 aromatic carbocycles. The molecule has 0 unspecified atom stereocenters. The third-order valence-corrected chi connectivity index (χ3v) is 2.72. The van der Waals surface area contributed by atoms with E-state index in [1.165, 1.54) is 16.7 Å². The standard InChI is InChI=1S/C16H17N/c17-13-12-16-9-5-4-8-15(16)11-10-14-6-2-1-3-7-14/h1-11H,12-13,17H2. The predicted molar refractivity (Wildman–Crippen MR) is 74.6 cm³/mol. The first-order valence-electron chi connectivity index (χ1n) is 5.91. The minimum Gasteiger partial charge on any atom is -0.330 e. The first-order valence-corrected chi connectivity index (χ1v) is 5.91. The minimum atomic E-state index is 0.691. The van der Waals surface area contributed by atoms with Gasteiger partial charge >= 0.3 is 0 Å². The summed E-state index contributed by atoms with van der Waals surface area (Å²) in [6, 6.07) is 18.7. The van der Waals surface area contributed by atoms with Crippen LogP contribution < -0.4 is 5.73 Å². The van der Waals surface area contributed by atoms with Crippen LogP contribution in [0.4, 0.5) is 0 Å². The van der Waals surface area contributed by atoms with Crippen LogP contribution in [0.1, 0.15) is 16.7 Å². The largest absolute Gasteiger partial charge is 0.330 e. The highest BCUT2D eigenvalue weighted by molar-refractivity contribution is 5.71. The fourth-order valence-electron chi connectivity index (χ4n) is 1.83. The number of nitrogens with two attached hydrogens (primary N) is 1. The summed E-state index contributed by atoms with van der Waals surface area (Å²) in [6.07, 6.45) is 5.21. The monoisotopic (exact) mass is 223 g/mol. The van der Waals surface area contributed by atoms with E-state index in [9.17, 15) is 0 Å². The van der Waals surface area contributed by atoms with Crippen molar-refractivity contribution in [1.29, 1.82) is 0 Å². The minimum absolute atomic E-state index is 0.691. The summed E-state index contributed by atoms with van der Waals surface area (Å²) in [5.41, 5.74) is 9.39. The van der Waals surface area contributed by atoms with Gasteiger partial charge in [0.15, 0.2) is 0 Å². The van der Waals surface area contributed by atoms with E-state index in [-0.39, 0.29) is 0 Å². The van der Waals surface area contributed by atoms with Gasteiger partial charge in [-0.2, -0.15) is 0 Å². The van der Waals surface area contributed by atoms with Crippen molar-refractivity contribution in [1.82, 2.24) is 0 Å². The van der Waals surface area contributed by atoms with E-state index >= 15 is 0 Å². The maximum atomic E-state index is 5.61. The van der Waals surface area contributed by atoms with Crippen LogP contribution in [0.3, 0.4) is 0 Å². The van der Waals surface area contributed by atoms with E-state index < -0.39 is 0 Å². The second kappa shape index (κ2) is 6.02. The lowest BCUT2D eigenvalue weighted by Crippen LogP contribution is -2.03. The highest BCUT2D eigenvalue weighted by Gasteiger charge is 1.96. The number of benzene rings is 2. The summed E-state index contributed by atoms with van der Waals surface area (Å²) in [5, 5.41) is 0. The highest BCUT2D eigenvalue weighted by Crippen LogP contribution is 2.13. The summed E-state index contributed by atoms with van der Waals surface area (Å²) in [6.45, 7) is 0.691. The van der Waals surface area contributed by atoms with Crippen molar-refractivity contribution in [3.8, 4) is 0 Å². The Morgan fingerprint density at radius 1 is 0.824 bits per heavy atom. The van der Waals surface area contributed by atoms with Gasteiger partial charge in [0, 0.05) is 0 Å². The lowest BCUT2D eigenvalue weighted by molar-refractivity contribution is 0.966. The van der Waals surface area contributed by atoms with E-state index in [1.807, 2.05) is 18.2 Å². The molecular formula is C16H17N. The van der Waals surface area contributed by atoms with Gasteiger partial charge in [0.25, 0.3) is 0 Å². The van der Waals surface area contributed by atoms with Crippen molar-refractivity contribution in [3.63, 3.8) is 0 Å². The molecule has 1 nitrogen and oxygen atoms in total. The Morgan fingerprint density at radius 2 is 1.53 bits per heavy atom. The lowest BCUT2D eigenvalue weighted by Gasteiger charge is -2.03. The average molecular weight is 223 g/mol. The molecule has 86 valence electrons. The van der Waals surface area contributed by atoms with Crippen LogP contribution in [0.25, 0.3) is 12.2 Å². The Labute approximate surface area is 103 Å². The van der Waals surface area contributed by atoms with Crippen molar-refractivity contribution in [2.45, 2.75) is 6.42 Å². The van der Waals surface area contributed by atoms with Gasteiger partial charge < -0.3 is 5.73 Å². The van der Waals surface area contributed by atoms with Crippen LogP contribution in [0.5, 0.6) is 0 Å². The maximum Gasteiger partial charge on any atom is -0.00365 e. The molecule has 2 aromatic rings. The molecule has 0 saturated carbocycles. The molecule has 0 saturated heterocycles. The molecule has 0 aliphatic rings. The number of rotatable bonds is 4. The van der Waals surface area contributed by atoms with Gasteiger partial charge in [0.1, 0.15) is 0 Å². The van der Waals surface area contributed by atoms with E-state index in [2.05, 4.69) is 48.6 Å². The SMILES string of the molecule is NCCc1ccccc1C=Cc1ccccc1. The first kappa shape index (κ1) is 11.6. The van der Waals surface area contributed by atoms with E-state index in [1.54, 1.807) is 0 Å². The second-order valence-electron chi connectivity index (χ2n) is 3.98. The van der Waals surface area contributed by atoms with Crippen LogP contribution in [0, 0.1) is 0 Å². The Bertz CT molecular complexity index is 486. The molecule has 0 spiro atoms. The zero-order chi connectivity index (χ0) is 11.9. The molecule has 17 heavy (non-hydrogen) atoms. The van der Waals surface area contributed by atoms with Crippen LogP contribution in [-0.4, -0.2) is 6.54 Å². The smallest absolute Gasteiger partial charge is 0.00365 e. The van der Waals surface area contributed by atoms with Gasteiger partial charge in [-0.3, -0.25) is 0 Å². The normalized spacial score (nSPS) is 10.9. The molecule has 0 bridgehead atoms. The van der Waals surface area contributed by atoms with Gasteiger partial charge in [-0.15, -0.1) is 0 Å². The number of hydrogen-bond donors (Lipinski definition) is 1. The van der Waals surface area contributed by atoms with Gasteiger partial charge in [-0.05, 0) is 29.7 Å². The molecular weight excluding hydrogens is 206 g/mol. The average Bonchev–Trinajstić information content (AvgIpc) is 2.39. The highest BCUT2D eigenvalue weighted by atomic mass is 14.5. The van der Waals surface area contributed by atoms with Crippen molar-refractivity contribution in [2.75, 3.05) is 6.54 Å². The summed E-state index contributed by atoms with van der Waals surface area (Å²) in [7, 11) is 0. The molecule has 0 heterocycles. The Balaban J connectivity index is 2.21. The van der Waals surface area contributed by atoms with Crippen molar-refractivity contribution in [3.05, 3.63) is 71.3 Å². The molecule has 1 heteroatoms. The molecule has 0 fully saturated rings. The zero-order valence-corrected chi connectivity index (χ0v) is 9.84. The van der Waals surface area contributed by atoms with Crippen molar-refractivity contribution >= 4 is 12.2 Å². The third kappa shape index (κ3) is 3.30. The fraction of sp³-hybridized carbons (Fsp3) is 0.125. The Kier molecular flexibility index (Phi) is 4.11. The molecule has 0 radical (unpaired) electrons. The Hall–Kier alpha value is -1.86. The van der Waals surface area contributed by atoms with Crippen LogP contribution >= 0.6 is 0 Å². The maximum absolute atomic E-state index is 5.61. The van der Waals surface area contributed by atoms with Crippen molar-refractivity contribution in [2.24, 2.45) is 5.73 Å². The molecule has 0 aromatic heterocycles. The summed E-state index contributed by atoms with van der Waals surface area (Å²) >= 11 is 0. The van der Waals surface area contributed by atoms with Gasteiger partial charge in [0.2, 0.25) is 0 Å². The number of hydrogen-bond acceptors (Lipinski definition) is 1. The van der Waals surface area contributed by atoms with Gasteiger partial charge in [-0.1, -0.05) is 66.7 Å². The van der Waals surface area contributed by atoms with Crippen LogP contribution in [0.15, 0.2) is 54.6 Å². The summed E-state index contributed by atoms with van der Waals surface area (Å²) in [5.74, 6) is 0. The summed E-state index contributed by atoms with van der Waals surface area (Å²) in [4.78, 5) is 0.